The van der Waals surface area contributed by atoms with E-state index in [1.54, 1.807) is 40.8 Å². The molecule has 174 valence electrons. The first kappa shape index (κ1) is 23.9. The molecule has 7 nitrogen and oxygen atoms in total. The predicted molar refractivity (Wildman–Crippen MR) is 123 cm³/mol. The molecule has 2 aromatic rings. The van der Waals surface area contributed by atoms with Crippen LogP contribution in [-0.4, -0.2) is 45.5 Å². The van der Waals surface area contributed by atoms with E-state index in [2.05, 4.69) is 6.58 Å². The standard InChI is InChI=1S/C24H30O7S/c1-7-10-30-24-21(28-4)13-16(14-22(24)32(6)25)18-9-8-17(31-18)15-11-19(26-2)23(29-5)20(12-15)27-3/h7,11-14,17-18H,1,8-10H2,2-6H3/t17-,18-,32?/m0/s1. The molecule has 0 bridgehead atoms. The summed E-state index contributed by atoms with van der Waals surface area (Å²) in [6, 6.07) is 7.58. The monoisotopic (exact) mass is 462 g/mol. The van der Waals surface area contributed by atoms with Crippen molar-refractivity contribution < 1.29 is 32.6 Å². The van der Waals surface area contributed by atoms with Crippen LogP contribution in [0.25, 0.3) is 0 Å². The highest BCUT2D eigenvalue weighted by Gasteiger charge is 2.31. The second-order valence-corrected chi connectivity index (χ2v) is 8.60. The summed E-state index contributed by atoms with van der Waals surface area (Å²) in [6.07, 6.45) is 4.54. The lowest BCUT2D eigenvalue weighted by Crippen LogP contribution is -2.06. The van der Waals surface area contributed by atoms with E-state index in [1.165, 1.54) is 0 Å². The summed E-state index contributed by atoms with van der Waals surface area (Å²) in [5.41, 5.74) is 1.84. The quantitative estimate of drug-likeness (QED) is 0.477. The Morgan fingerprint density at radius 2 is 1.41 bits per heavy atom. The van der Waals surface area contributed by atoms with Gasteiger partial charge in [-0.25, -0.2) is 0 Å². The summed E-state index contributed by atoms with van der Waals surface area (Å²) in [5.74, 6) is 2.71. The average Bonchev–Trinajstić information content (AvgIpc) is 3.31. The molecule has 0 N–H and O–H groups in total. The molecule has 0 radical (unpaired) electrons. The Morgan fingerprint density at radius 3 is 1.84 bits per heavy atom. The van der Waals surface area contributed by atoms with Crippen molar-refractivity contribution in [1.82, 2.24) is 0 Å². The van der Waals surface area contributed by atoms with Crippen LogP contribution in [0.4, 0.5) is 0 Å². The third kappa shape index (κ3) is 4.86. The molecule has 1 fully saturated rings. The third-order valence-electron chi connectivity index (χ3n) is 5.37. The van der Waals surface area contributed by atoms with Gasteiger partial charge >= 0.3 is 0 Å². The summed E-state index contributed by atoms with van der Waals surface area (Å²) in [7, 11) is 5.06. The molecule has 0 saturated carbocycles. The highest BCUT2D eigenvalue weighted by molar-refractivity contribution is 7.84. The van der Waals surface area contributed by atoms with Crippen LogP contribution in [0.1, 0.15) is 36.2 Å². The van der Waals surface area contributed by atoms with Crippen molar-refractivity contribution in [3.63, 3.8) is 0 Å². The number of rotatable bonds is 10. The van der Waals surface area contributed by atoms with E-state index in [0.717, 1.165) is 24.0 Å². The van der Waals surface area contributed by atoms with Crippen LogP contribution in [-0.2, 0) is 15.5 Å². The van der Waals surface area contributed by atoms with Crippen LogP contribution in [0.15, 0.2) is 41.8 Å². The van der Waals surface area contributed by atoms with Crippen molar-refractivity contribution in [1.29, 1.82) is 0 Å². The Balaban J connectivity index is 1.92. The zero-order valence-corrected chi connectivity index (χ0v) is 20.0. The maximum absolute atomic E-state index is 12.4. The number of methoxy groups -OCH3 is 4. The molecule has 2 aromatic carbocycles. The molecule has 0 aliphatic carbocycles. The minimum Gasteiger partial charge on any atom is -0.493 e. The fraction of sp³-hybridized carbons (Fsp3) is 0.417. The molecular formula is C24H30O7S. The van der Waals surface area contributed by atoms with Gasteiger partial charge in [0.15, 0.2) is 23.0 Å². The van der Waals surface area contributed by atoms with E-state index in [-0.39, 0.29) is 12.2 Å². The highest BCUT2D eigenvalue weighted by Crippen LogP contribution is 2.47. The molecule has 3 rings (SSSR count). The van der Waals surface area contributed by atoms with Crippen LogP contribution in [0.3, 0.4) is 0 Å². The van der Waals surface area contributed by atoms with E-state index in [1.807, 2.05) is 24.3 Å². The number of benzene rings is 2. The van der Waals surface area contributed by atoms with Gasteiger partial charge < -0.3 is 28.4 Å². The molecule has 3 atom stereocenters. The largest absolute Gasteiger partial charge is 0.493 e. The van der Waals surface area contributed by atoms with Crippen LogP contribution in [0.2, 0.25) is 0 Å². The summed E-state index contributed by atoms with van der Waals surface area (Å²) >= 11 is 0. The zero-order valence-electron chi connectivity index (χ0n) is 19.1. The normalized spacial score (nSPS) is 18.7. The predicted octanol–water partition coefficient (Wildman–Crippen LogP) is 4.62. The molecule has 1 heterocycles. The van der Waals surface area contributed by atoms with Gasteiger partial charge in [0, 0.05) is 6.26 Å². The molecule has 1 unspecified atom stereocenters. The van der Waals surface area contributed by atoms with E-state index in [9.17, 15) is 4.21 Å². The van der Waals surface area contributed by atoms with Gasteiger partial charge in [0.25, 0.3) is 0 Å². The fourth-order valence-electron chi connectivity index (χ4n) is 3.85. The molecule has 0 spiro atoms. The van der Waals surface area contributed by atoms with E-state index in [4.69, 9.17) is 28.4 Å². The highest BCUT2D eigenvalue weighted by atomic mass is 32.2. The van der Waals surface area contributed by atoms with Crippen LogP contribution in [0.5, 0.6) is 28.7 Å². The van der Waals surface area contributed by atoms with Crippen LogP contribution < -0.4 is 23.7 Å². The van der Waals surface area contributed by atoms with E-state index >= 15 is 0 Å². The van der Waals surface area contributed by atoms with Crippen molar-refractivity contribution >= 4 is 10.8 Å². The topological polar surface area (TPSA) is 72.5 Å². The van der Waals surface area contributed by atoms with E-state index in [0.29, 0.717) is 40.2 Å². The molecule has 0 amide bonds. The van der Waals surface area contributed by atoms with Gasteiger partial charge in [-0.2, -0.15) is 0 Å². The Labute approximate surface area is 191 Å². The van der Waals surface area contributed by atoms with Gasteiger partial charge in [-0.1, -0.05) is 12.7 Å². The van der Waals surface area contributed by atoms with Gasteiger partial charge in [0.1, 0.15) is 6.61 Å². The molecule has 1 aliphatic rings. The Hall–Kier alpha value is -2.71. The molecule has 0 aromatic heterocycles. The van der Waals surface area contributed by atoms with Crippen molar-refractivity contribution in [3.8, 4) is 28.7 Å². The smallest absolute Gasteiger partial charge is 0.203 e. The van der Waals surface area contributed by atoms with Crippen LogP contribution in [0, 0.1) is 0 Å². The van der Waals surface area contributed by atoms with Gasteiger partial charge in [-0.05, 0) is 48.2 Å². The Morgan fingerprint density at radius 1 is 0.906 bits per heavy atom. The van der Waals surface area contributed by atoms with Crippen molar-refractivity contribution in [3.05, 3.63) is 48.0 Å². The number of hydrogen-bond acceptors (Lipinski definition) is 7. The summed E-state index contributed by atoms with van der Waals surface area (Å²) < 4.78 is 46.5. The average molecular weight is 463 g/mol. The third-order valence-corrected chi connectivity index (χ3v) is 6.29. The SMILES string of the molecule is C=CCOc1c(OC)cc([C@@H]2CC[C@@H](c3cc(OC)c(OC)c(OC)c3)O2)cc1S(C)=O. The van der Waals surface area contributed by atoms with Gasteiger partial charge in [-0.15, -0.1) is 0 Å². The fourth-order valence-corrected chi connectivity index (χ4v) is 4.57. The summed E-state index contributed by atoms with van der Waals surface area (Å²) in [4.78, 5) is 0.570. The molecule has 1 aliphatic heterocycles. The minimum absolute atomic E-state index is 0.146. The lowest BCUT2D eigenvalue weighted by Gasteiger charge is -2.20. The maximum atomic E-state index is 12.4. The Kier molecular flexibility index (Phi) is 8.04. The summed E-state index contributed by atoms with van der Waals surface area (Å²) in [5, 5.41) is 0. The number of hydrogen-bond donors (Lipinski definition) is 0. The van der Waals surface area contributed by atoms with Gasteiger partial charge in [-0.3, -0.25) is 4.21 Å². The van der Waals surface area contributed by atoms with Crippen LogP contribution >= 0.6 is 0 Å². The lowest BCUT2D eigenvalue weighted by molar-refractivity contribution is 0.0435. The maximum Gasteiger partial charge on any atom is 0.203 e. The second kappa shape index (κ2) is 10.7. The lowest BCUT2D eigenvalue weighted by atomic mass is 10.0. The molecule has 8 heteroatoms. The first-order valence-corrected chi connectivity index (χ1v) is 11.8. The molecular weight excluding hydrogens is 432 g/mol. The first-order chi connectivity index (χ1) is 15.5. The number of ether oxygens (including phenoxy) is 6. The van der Waals surface area contributed by atoms with Gasteiger partial charge in [0.05, 0.1) is 56.3 Å². The minimum atomic E-state index is -1.27. The second-order valence-electron chi connectivity index (χ2n) is 7.25. The van der Waals surface area contributed by atoms with Crippen molar-refractivity contribution in [2.45, 2.75) is 29.9 Å². The molecule has 32 heavy (non-hydrogen) atoms. The van der Waals surface area contributed by atoms with Crippen molar-refractivity contribution in [2.75, 3.05) is 41.3 Å². The Bertz CT molecular complexity index is 964. The van der Waals surface area contributed by atoms with Crippen molar-refractivity contribution in [2.24, 2.45) is 0 Å². The van der Waals surface area contributed by atoms with E-state index < -0.39 is 10.8 Å². The first-order valence-electron chi connectivity index (χ1n) is 10.2. The molecule has 1 saturated heterocycles. The van der Waals surface area contributed by atoms with Gasteiger partial charge in [0.2, 0.25) is 5.75 Å². The summed E-state index contributed by atoms with van der Waals surface area (Å²) in [6.45, 7) is 3.97. The zero-order chi connectivity index (χ0) is 23.3.